The Hall–Kier alpha value is -2.44. The molecule has 5 nitrogen and oxygen atoms in total. The predicted octanol–water partition coefficient (Wildman–Crippen LogP) is 2.57. The zero-order chi connectivity index (χ0) is 17.5. The van der Waals surface area contributed by atoms with Gasteiger partial charge in [-0.05, 0) is 52.6 Å². The zero-order valence-electron chi connectivity index (χ0n) is 13.8. The maximum atomic E-state index is 12.4. The lowest BCUT2D eigenvalue weighted by atomic mass is 10.0. The number of nitrogens with zero attached hydrogens (tertiary/aromatic N) is 2. The molecule has 0 unspecified atom stereocenters. The Kier molecular flexibility index (Phi) is 5.98. The minimum absolute atomic E-state index is 0.0193. The first kappa shape index (κ1) is 17.4. The van der Waals surface area contributed by atoms with Gasteiger partial charge in [-0.2, -0.15) is 16.4 Å². The lowest BCUT2D eigenvalue weighted by Gasteiger charge is -2.14. The van der Waals surface area contributed by atoms with Crippen LogP contribution in [0.15, 0.2) is 59.6 Å². The number of rotatable bonds is 8. The topological polar surface area (TPSA) is 67.2 Å². The summed E-state index contributed by atoms with van der Waals surface area (Å²) in [5.74, 6) is -0.100. The third-order valence-electron chi connectivity index (χ3n) is 4.01. The maximum absolute atomic E-state index is 12.4. The molecule has 2 heterocycles. The van der Waals surface area contributed by atoms with Crippen LogP contribution in [0.5, 0.6) is 0 Å². The number of aliphatic hydroxyl groups excluding tert-OH is 1. The fraction of sp³-hybridized carbons (Fsp3) is 0.263. The third-order valence-corrected chi connectivity index (χ3v) is 4.74. The second kappa shape index (κ2) is 8.60. The molecule has 0 saturated heterocycles. The standard InChI is InChI=1S/C19H21N3O2S/c23-13-17(9-16-5-8-25-14-16)11-20-19(24)18-4-1-3-15(10-18)12-22-7-2-6-21-22/h1-8,10,14,17,23H,9,11-13H2,(H,20,24)/t17-/m1/s1. The van der Waals surface area contributed by atoms with Crippen LogP contribution in [0.25, 0.3) is 0 Å². The van der Waals surface area contributed by atoms with E-state index in [1.807, 2.05) is 46.6 Å². The molecule has 2 N–H and O–H groups in total. The predicted molar refractivity (Wildman–Crippen MR) is 98.7 cm³/mol. The first-order valence-corrected chi connectivity index (χ1v) is 9.15. The minimum atomic E-state index is -0.119. The van der Waals surface area contributed by atoms with Gasteiger partial charge in [-0.25, -0.2) is 0 Å². The first-order valence-electron chi connectivity index (χ1n) is 8.21. The highest BCUT2D eigenvalue weighted by atomic mass is 32.1. The molecule has 6 heteroatoms. The van der Waals surface area contributed by atoms with E-state index in [2.05, 4.69) is 15.8 Å². The monoisotopic (exact) mass is 355 g/mol. The van der Waals surface area contributed by atoms with E-state index in [4.69, 9.17) is 0 Å². The molecule has 0 bridgehead atoms. The van der Waals surface area contributed by atoms with E-state index in [9.17, 15) is 9.90 Å². The van der Waals surface area contributed by atoms with Crippen LogP contribution in [0.4, 0.5) is 0 Å². The zero-order valence-corrected chi connectivity index (χ0v) is 14.7. The van der Waals surface area contributed by atoms with Gasteiger partial charge in [0.15, 0.2) is 0 Å². The molecule has 3 aromatic rings. The molecule has 25 heavy (non-hydrogen) atoms. The Balaban J connectivity index is 1.57. The number of thiophene rings is 1. The normalized spacial score (nSPS) is 12.0. The summed E-state index contributed by atoms with van der Waals surface area (Å²) in [6, 6.07) is 11.5. The van der Waals surface area contributed by atoms with Gasteiger partial charge in [0.25, 0.3) is 5.91 Å². The van der Waals surface area contributed by atoms with Crippen molar-refractivity contribution in [2.45, 2.75) is 13.0 Å². The highest BCUT2D eigenvalue weighted by Gasteiger charge is 2.12. The van der Waals surface area contributed by atoms with Crippen molar-refractivity contribution in [3.8, 4) is 0 Å². The van der Waals surface area contributed by atoms with Crippen LogP contribution in [-0.4, -0.2) is 33.9 Å². The maximum Gasteiger partial charge on any atom is 0.251 e. The van der Waals surface area contributed by atoms with Gasteiger partial charge in [0.05, 0.1) is 6.54 Å². The molecule has 2 aromatic heterocycles. The number of carbonyl (C=O) groups is 1. The molecule has 0 aliphatic heterocycles. The smallest absolute Gasteiger partial charge is 0.251 e. The van der Waals surface area contributed by atoms with E-state index in [0.29, 0.717) is 18.7 Å². The van der Waals surface area contributed by atoms with Crippen LogP contribution in [0.3, 0.4) is 0 Å². The number of amides is 1. The molecule has 0 radical (unpaired) electrons. The van der Waals surface area contributed by atoms with Gasteiger partial charge in [-0.15, -0.1) is 0 Å². The first-order chi connectivity index (χ1) is 12.2. The Morgan fingerprint density at radius 3 is 2.92 bits per heavy atom. The number of nitrogens with one attached hydrogen (secondary N) is 1. The Labute approximate surface area is 150 Å². The Bertz CT molecular complexity index is 785. The average Bonchev–Trinajstić information content (AvgIpc) is 3.32. The highest BCUT2D eigenvalue weighted by molar-refractivity contribution is 7.07. The summed E-state index contributed by atoms with van der Waals surface area (Å²) < 4.78 is 1.82. The quantitative estimate of drug-likeness (QED) is 0.653. The highest BCUT2D eigenvalue weighted by Crippen LogP contribution is 2.12. The number of benzene rings is 1. The van der Waals surface area contributed by atoms with Gasteiger partial charge in [-0.1, -0.05) is 12.1 Å². The van der Waals surface area contributed by atoms with Crippen molar-refractivity contribution in [1.29, 1.82) is 0 Å². The van der Waals surface area contributed by atoms with Crippen molar-refractivity contribution in [3.05, 3.63) is 76.2 Å². The fourth-order valence-corrected chi connectivity index (χ4v) is 3.36. The van der Waals surface area contributed by atoms with Crippen LogP contribution < -0.4 is 5.32 Å². The summed E-state index contributed by atoms with van der Waals surface area (Å²) in [6.07, 6.45) is 4.39. The number of aromatic nitrogens is 2. The van der Waals surface area contributed by atoms with Crippen molar-refractivity contribution >= 4 is 17.2 Å². The number of hydrogen-bond donors (Lipinski definition) is 2. The van der Waals surface area contributed by atoms with Gasteiger partial charge < -0.3 is 10.4 Å². The van der Waals surface area contributed by atoms with Gasteiger partial charge in [0.2, 0.25) is 0 Å². The van der Waals surface area contributed by atoms with E-state index >= 15 is 0 Å². The van der Waals surface area contributed by atoms with Crippen molar-refractivity contribution < 1.29 is 9.90 Å². The van der Waals surface area contributed by atoms with Crippen LogP contribution in [0.1, 0.15) is 21.5 Å². The molecule has 0 fully saturated rings. The van der Waals surface area contributed by atoms with Crippen molar-refractivity contribution in [3.63, 3.8) is 0 Å². The van der Waals surface area contributed by atoms with Crippen molar-refractivity contribution in [2.24, 2.45) is 5.92 Å². The molecule has 0 spiro atoms. The fourth-order valence-electron chi connectivity index (χ4n) is 2.67. The molecule has 3 rings (SSSR count). The van der Waals surface area contributed by atoms with Crippen molar-refractivity contribution in [2.75, 3.05) is 13.2 Å². The molecular weight excluding hydrogens is 334 g/mol. The number of aliphatic hydroxyl groups is 1. The molecule has 130 valence electrons. The molecular formula is C19H21N3O2S. The second-order valence-corrected chi connectivity index (χ2v) is 6.78. The van der Waals surface area contributed by atoms with Crippen LogP contribution >= 0.6 is 11.3 Å². The summed E-state index contributed by atoms with van der Waals surface area (Å²) in [4.78, 5) is 12.4. The third kappa shape index (κ3) is 5.01. The Morgan fingerprint density at radius 1 is 1.28 bits per heavy atom. The summed E-state index contributed by atoms with van der Waals surface area (Å²) >= 11 is 1.64. The summed E-state index contributed by atoms with van der Waals surface area (Å²) in [5.41, 5.74) is 2.84. The van der Waals surface area contributed by atoms with Gasteiger partial charge in [0.1, 0.15) is 0 Å². The van der Waals surface area contributed by atoms with E-state index in [-0.39, 0.29) is 18.4 Å². The van der Waals surface area contributed by atoms with E-state index < -0.39 is 0 Å². The van der Waals surface area contributed by atoms with Crippen LogP contribution in [0, 0.1) is 5.92 Å². The van der Waals surface area contributed by atoms with Crippen LogP contribution in [0.2, 0.25) is 0 Å². The van der Waals surface area contributed by atoms with E-state index in [0.717, 1.165) is 12.0 Å². The molecule has 0 saturated carbocycles. The lowest BCUT2D eigenvalue weighted by molar-refractivity contribution is 0.0940. The van der Waals surface area contributed by atoms with Gasteiger partial charge in [-0.3, -0.25) is 9.48 Å². The van der Waals surface area contributed by atoms with Crippen molar-refractivity contribution in [1.82, 2.24) is 15.1 Å². The summed E-state index contributed by atoms with van der Waals surface area (Å²) in [7, 11) is 0. The lowest BCUT2D eigenvalue weighted by Crippen LogP contribution is -2.31. The van der Waals surface area contributed by atoms with Gasteiger partial charge >= 0.3 is 0 Å². The van der Waals surface area contributed by atoms with Crippen LogP contribution in [-0.2, 0) is 13.0 Å². The molecule has 1 amide bonds. The van der Waals surface area contributed by atoms with Gasteiger partial charge in [0, 0.05) is 37.0 Å². The van der Waals surface area contributed by atoms with E-state index in [1.165, 1.54) is 5.56 Å². The summed E-state index contributed by atoms with van der Waals surface area (Å²) in [6.45, 7) is 1.13. The Morgan fingerprint density at radius 2 is 2.20 bits per heavy atom. The average molecular weight is 355 g/mol. The number of carbonyl (C=O) groups excluding carboxylic acids is 1. The molecule has 1 atom stereocenters. The largest absolute Gasteiger partial charge is 0.396 e. The summed E-state index contributed by atoms with van der Waals surface area (Å²) in [5, 5.41) is 20.7. The molecule has 0 aliphatic rings. The molecule has 1 aromatic carbocycles. The molecule has 0 aliphatic carbocycles. The SMILES string of the molecule is O=C(NC[C@H](CO)Cc1ccsc1)c1cccc(Cn2cccn2)c1. The number of hydrogen-bond acceptors (Lipinski definition) is 4. The van der Waals surface area contributed by atoms with E-state index in [1.54, 1.807) is 23.6 Å². The second-order valence-electron chi connectivity index (χ2n) is 6.00. The minimum Gasteiger partial charge on any atom is -0.396 e.